The van der Waals surface area contributed by atoms with Gasteiger partial charge in [0, 0.05) is 10.5 Å². The van der Waals surface area contributed by atoms with Crippen LogP contribution in [0.1, 0.15) is 43.9 Å². The third-order valence-electron chi connectivity index (χ3n) is 3.42. The van der Waals surface area contributed by atoms with Crippen molar-refractivity contribution in [1.82, 2.24) is 5.16 Å². The topological polar surface area (TPSA) is 70.8 Å². The molecule has 2 aromatic rings. The van der Waals surface area contributed by atoms with Gasteiger partial charge in [-0.3, -0.25) is 4.79 Å². The summed E-state index contributed by atoms with van der Waals surface area (Å²) in [6.07, 6.45) is -0.369. The number of aromatic nitrogens is 1. The standard InChI is InChI=1S/C18H22BrNO5/c1-5-22-16-8-13(14(19)10-17(16)23-6-2)9-18(21)24-12(4)15-7-11(3)25-20-15/h7-8,10,12H,5-6,9H2,1-4H3/t12-/m1/s1. The molecule has 0 radical (unpaired) electrons. The summed E-state index contributed by atoms with van der Waals surface area (Å²) in [6, 6.07) is 5.35. The first-order valence-corrected chi connectivity index (χ1v) is 8.94. The minimum atomic E-state index is -0.474. The summed E-state index contributed by atoms with van der Waals surface area (Å²) < 4.78 is 22.4. The van der Waals surface area contributed by atoms with Gasteiger partial charge in [0.25, 0.3) is 0 Å². The van der Waals surface area contributed by atoms with Crippen LogP contribution < -0.4 is 9.47 Å². The number of hydrogen-bond donors (Lipinski definition) is 0. The van der Waals surface area contributed by atoms with Gasteiger partial charge >= 0.3 is 5.97 Å². The fourth-order valence-corrected chi connectivity index (χ4v) is 2.74. The van der Waals surface area contributed by atoms with Crippen LogP contribution in [0.15, 0.2) is 27.2 Å². The van der Waals surface area contributed by atoms with E-state index < -0.39 is 6.10 Å². The van der Waals surface area contributed by atoms with Crippen LogP contribution in [0.5, 0.6) is 11.5 Å². The van der Waals surface area contributed by atoms with E-state index in [-0.39, 0.29) is 12.4 Å². The molecule has 0 unspecified atom stereocenters. The SMILES string of the molecule is CCOc1cc(Br)c(CC(=O)O[C@H](C)c2cc(C)on2)cc1OCC. The number of ether oxygens (including phenoxy) is 3. The van der Waals surface area contributed by atoms with Crippen molar-refractivity contribution in [3.63, 3.8) is 0 Å². The lowest BCUT2D eigenvalue weighted by atomic mass is 10.1. The molecular formula is C18H22BrNO5. The Morgan fingerprint density at radius 1 is 1.20 bits per heavy atom. The Bertz CT molecular complexity index is 728. The second-order valence-corrected chi connectivity index (χ2v) is 6.28. The number of esters is 1. The summed E-state index contributed by atoms with van der Waals surface area (Å²) in [6.45, 7) is 8.39. The van der Waals surface area contributed by atoms with Gasteiger partial charge in [-0.2, -0.15) is 0 Å². The number of benzene rings is 1. The largest absolute Gasteiger partial charge is 0.490 e. The molecule has 2 rings (SSSR count). The fourth-order valence-electron chi connectivity index (χ4n) is 2.28. The van der Waals surface area contributed by atoms with Gasteiger partial charge in [-0.05, 0) is 45.4 Å². The second-order valence-electron chi connectivity index (χ2n) is 5.43. The van der Waals surface area contributed by atoms with Crippen LogP contribution in [-0.2, 0) is 16.0 Å². The van der Waals surface area contributed by atoms with Gasteiger partial charge in [-0.1, -0.05) is 21.1 Å². The highest BCUT2D eigenvalue weighted by Gasteiger charge is 2.18. The molecule has 0 aliphatic carbocycles. The van der Waals surface area contributed by atoms with E-state index in [2.05, 4.69) is 21.1 Å². The molecule has 1 atom stereocenters. The highest BCUT2D eigenvalue weighted by Crippen LogP contribution is 2.34. The average Bonchev–Trinajstić information content (AvgIpc) is 2.98. The van der Waals surface area contributed by atoms with E-state index in [4.69, 9.17) is 18.7 Å². The smallest absolute Gasteiger partial charge is 0.310 e. The van der Waals surface area contributed by atoms with Crippen LogP contribution in [0, 0.1) is 6.92 Å². The number of aryl methyl sites for hydroxylation is 1. The van der Waals surface area contributed by atoms with E-state index in [1.807, 2.05) is 19.9 Å². The minimum Gasteiger partial charge on any atom is -0.490 e. The van der Waals surface area contributed by atoms with E-state index in [0.717, 1.165) is 10.0 Å². The molecule has 1 heterocycles. The van der Waals surface area contributed by atoms with Crippen molar-refractivity contribution in [1.29, 1.82) is 0 Å². The lowest BCUT2D eigenvalue weighted by Gasteiger charge is -2.15. The van der Waals surface area contributed by atoms with Crippen LogP contribution in [0.25, 0.3) is 0 Å². The molecule has 0 spiro atoms. The van der Waals surface area contributed by atoms with Crippen LogP contribution in [-0.4, -0.2) is 24.3 Å². The molecule has 6 nitrogen and oxygen atoms in total. The number of hydrogen-bond acceptors (Lipinski definition) is 6. The molecule has 0 saturated carbocycles. The third-order valence-corrected chi connectivity index (χ3v) is 4.16. The Morgan fingerprint density at radius 2 is 1.84 bits per heavy atom. The normalized spacial score (nSPS) is 11.9. The molecule has 0 fully saturated rings. The van der Waals surface area contributed by atoms with Gasteiger partial charge in [0.15, 0.2) is 11.5 Å². The van der Waals surface area contributed by atoms with Gasteiger partial charge in [0.05, 0.1) is 19.6 Å². The Kier molecular flexibility index (Phi) is 6.87. The maximum Gasteiger partial charge on any atom is 0.310 e. The lowest BCUT2D eigenvalue weighted by molar-refractivity contribution is -0.148. The zero-order chi connectivity index (χ0) is 18.4. The van der Waals surface area contributed by atoms with E-state index in [9.17, 15) is 4.79 Å². The summed E-state index contributed by atoms with van der Waals surface area (Å²) in [7, 11) is 0. The summed E-state index contributed by atoms with van der Waals surface area (Å²) in [5.74, 6) is 1.56. The lowest BCUT2D eigenvalue weighted by Crippen LogP contribution is -2.12. The molecule has 0 aliphatic rings. The molecular weight excluding hydrogens is 390 g/mol. The number of carbonyl (C=O) groups is 1. The second kappa shape index (κ2) is 8.89. The number of nitrogens with zero attached hydrogens (tertiary/aromatic N) is 1. The van der Waals surface area contributed by atoms with E-state index >= 15 is 0 Å². The van der Waals surface area contributed by atoms with Crippen molar-refractivity contribution in [2.24, 2.45) is 0 Å². The molecule has 0 bridgehead atoms. The summed E-state index contributed by atoms with van der Waals surface area (Å²) in [5, 5.41) is 3.87. The third kappa shape index (κ3) is 5.22. The van der Waals surface area contributed by atoms with Crippen molar-refractivity contribution < 1.29 is 23.5 Å². The van der Waals surface area contributed by atoms with Crippen molar-refractivity contribution in [2.75, 3.05) is 13.2 Å². The molecule has 1 aromatic carbocycles. The van der Waals surface area contributed by atoms with Gasteiger partial charge < -0.3 is 18.7 Å². The van der Waals surface area contributed by atoms with Crippen molar-refractivity contribution in [3.8, 4) is 11.5 Å². The minimum absolute atomic E-state index is 0.105. The highest BCUT2D eigenvalue weighted by atomic mass is 79.9. The van der Waals surface area contributed by atoms with Gasteiger partial charge in [-0.25, -0.2) is 0 Å². The van der Waals surface area contributed by atoms with E-state index in [1.165, 1.54) is 0 Å². The number of rotatable bonds is 8. The molecule has 0 N–H and O–H groups in total. The van der Waals surface area contributed by atoms with Crippen molar-refractivity contribution in [3.05, 3.63) is 39.7 Å². The maximum atomic E-state index is 12.3. The quantitative estimate of drug-likeness (QED) is 0.599. The number of halogens is 1. The zero-order valence-corrected chi connectivity index (χ0v) is 16.4. The fraction of sp³-hybridized carbons (Fsp3) is 0.444. The first kappa shape index (κ1) is 19.3. The van der Waals surface area contributed by atoms with Gasteiger partial charge in [0.2, 0.25) is 0 Å². The Morgan fingerprint density at radius 3 is 2.40 bits per heavy atom. The monoisotopic (exact) mass is 411 g/mol. The predicted molar refractivity (Wildman–Crippen MR) is 95.9 cm³/mol. The molecule has 1 aromatic heterocycles. The van der Waals surface area contributed by atoms with Crippen LogP contribution >= 0.6 is 15.9 Å². The van der Waals surface area contributed by atoms with Crippen molar-refractivity contribution >= 4 is 21.9 Å². The first-order chi connectivity index (χ1) is 11.9. The average molecular weight is 412 g/mol. The van der Waals surface area contributed by atoms with E-state index in [0.29, 0.717) is 36.2 Å². The van der Waals surface area contributed by atoms with Gasteiger partial charge in [-0.15, -0.1) is 0 Å². The molecule has 0 saturated heterocycles. The van der Waals surface area contributed by atoms with Crippen LogP contribution in [0.4, 0.5) is 0 Å². The zero-order valence-electron chi connectivity index (χ0n) is 14.8. The molecule has 0 aliphatic heterocycles. The Labute approximate surface area is 155 Å². The van der Waals surface area contributed by atoms with Gasteiger partial charge in [0.1, 0.15) is 17.6 Å². The Hall–Kier alpha value is -2.02. The molecule has 7 heteroatoms. The summed E-state index contributed by atoms with van der Waals surface area (Å²) in [5.41, 5.74) is 1.35. The predicted octanol–water partition coefficient (Wildman–Crippen LogP) is 4.39. The molecule has 0 amide bonds. The maximum absolute atomic E-state index is 12.3. The highest BCUT2D eigenvalue weighted by molar-refractivity contribution is 9.10. The number of carbonyl (C=O) groups excluding carboxylic acids is 1. The van der Waals surface area contributed by atoms with Crippen LogP contribution in [0.2, 0.25) is 0 Å². The first-order valence-electron chi connectivity index (χ1n) is 8.15. The molecule has 136 valence electrons. The Balaban J connectivity index is 2.10. The summed E-state index contributed by atoms with van der Waals surface area (Å²) >= 11 is 3.47. The van der Waals surface area contributed by atoms with Crippen molar-refractivity contribution in [2.45, 2.75) is 40.2 Å². The summed E-state index contributed by atoms with van der Waals surface area (Å²) in [4.78, 5) is 12.3. The molecule has 25 heavy (non-hydrogen) atoms. The van der Waals surface area contributed by atoms with E-state index in [1.54, 1.807) is 26.0 Å². The van der Waals surface area contributed by atoms with Crippen LogP contribution in [0.3, 0.4) is 0 Å².